The highest BCUT2D eigenvalue weighted by Crippen LogP contribution is 2.11. The first-order valence-electron chi connectivity index (χ1n) is 7.05. The second-order valence-electron chi connectivity index (χ2n) is 5.14. The lowest BCUT2D eigenvalue weighted by molar-refractivity contribution is 0.0940. The number of nitrogens with zero attached hydrogens (tertiary/aromatic N) is 3. The standard InChI is InChI=1S/C13H19N9O2/c1-6-9(16)21-10(18-6)12(23)20-8-5-22(2)11(19-8)13(24)17-4-3-7(14)15/h5H,3-4,16H2,1-2H3,(H3,14,15)(H,17,24)(H,18,21)(H,20,23). The van der Waals surface area contributed by atoms with Gasteiger partial charge in [-0.15, -0.1) is 0 Å². The Balaban J connectivity index is 2.04. The molecule has 0 aliphatic heterocycles. The molecule has 8 N–H and O–H groups in total. The molecule has 0 radical (unpaired) electrons. The van der Waals surface area contributed by atoms with Gasteiger partial charge in [0.25, 0.3) is 11.8 Å². The Kier molecular flexibility index (Phi) is 4.82. The molecule has 128 valence electrons. The van der Waals surface area contributed by atoms with Gasteiger partial charge in [0.1, 0.15) is 5.82 Å². The molecule has 24 heavy (non-hydrogen) atoms. The van der Waals surface area contributed by atoms with E-state index in [-0.39, 0.29) is 42.1 Å². The molecule has 0 saturated carbocycles. The summed E-state index contributed by atoms with van der Waals surface area (Å²) >= 11 is 0. The van der Waals surface area contributed by atoms with Crippen molar-refractivity contribution in [2.24, 2.45) is 12.8 Å². The second-order valence-corrected chi connectivity index (χ2v) is 5.14. The lowest BCUT2D eigenvalue weighted by atomic mass is 10.4. The third-order valence-corrected chi connectivity index (χ3v) is 3.14. The fourth-order valence-corrected chi connectivity index (χ4v) is 1.88. The number of nitrogen functional groups attached to an aromatic ring is 1. The van der Waals surface area contributed by atoms with Gasteiger partial charge < -0.3 is 31.7 Å². The van der Waals surface area contributed by atoms with Crippen molar-refractivity contribution >= 4 is 29.3 Å². The molecule has 0 saturated heterocycles. The summed E-state index contributed by atoms with van der Waals surface area (Å²) in [6, 6.07) is 0. The monoisotopic (exact) mass is 333 g/mol. The second kappa shape index (κ2) is 6.81. The minimum absolute atomic E-state index is 0.0175. The Morgan fingerprint density at radius 1 is 1.38 bits per heavy atom. The molecule has 0 aliphatic carbocycles. The normalized spacial score (nSPS) is 10.4. The van der Waals surface area contributed by atoms with Crippen LogP contribution in [0.3, 0.4) is 0 Å². The number of nitrogens with two attached hydrogens (primary N) is 2. The first-order valence-corrected chi connectivity index (χ1v) is 7.05. The average Bonchev–Trinajstić information content (AvgIpc) is 3.02. The highest BCUT2D eigenvalue weighted by molar-refractivity contribution is 6.02. The number of hydrogen-bond acceptors (Lipinski definition) is 6. The maximum atomic E-state index is 12.1. The SMILES string of the molecule is Cc1[nH]c(C(=O)Nc2cn(C)c(C(=O)NCCC(=N)N)n2)nc1N. The molecule has 0 atom stereocenters. The zero-order valence-electron chi connectivity index (χ0n) is 13.3. The molecule has 2 amide bonds. The van der Waals surface area contributed by atoms with Crippen LogP contribution in [0.5, 0.6) is 0 Å². The van der Waals surface area contributed by atoms with E-state index < -0.39 is 11.8 Å². The van der Waals surface area contributed by atoms with Crippen LogP contribution in [0.15, 0.2) is 6.20 Å². The third kappa shape index (κ3) is 3.88. The molecule has 2 heterocycles. The third-order valence-electron chi connectivity index (χ3n) is 3.14. The minimum Gasteiger partial charge on any atom is -0.388 e. The zero-order valence-corrected chi connectivity index (χ0v) is 13.3. The van der Waals surface area contributed by atoms with Crippen LogP contribution in [0.25, 0.3) is 0 Å². The van der Waals surface area contributed by atoms with E-state index in [1.54, 1.807) is 14.0 Å². The van der Waals surface area contributed by atoms with E-state index in [1.165, 1.54) is 10.8 Å². The lowest BCUT2D eigenvalue weighted by Gasteiger charge is -2.03. The summed E-state index contributed by atoms with van der Waals surface area (Å²) in [6.07, 6.45) is 1.75. The highest BCUT2D eigenvalue weighted by atomic mass is 16.2. The van der Waals surface area contributed by atoms with Crippen molar-refractivity contribution in [1.82, 2.24) is 24.8 Å². The summed E-state index contributed by atoms with van der Waals surface area (Å²) in [5.74, 6) is -0.351. The highest BCUT2D eigenvalue weighted by Gasteiger charge is 2.17. The Hall–Kier alpha value is -3.37. The van der Waals surface area contributed by atoms with Crippen LogP contribution in [-0.4, -0.2) is 43.7 Å². The van der Waals surface area contributed by atoms with Crippen LogP contribution in [0.4, 0.5) is 11.6 Å². The Morgan fingerprint density at radius 2 is 2.08 bits per heavy atom. The number of amides is 2. The first-order chi connectivity index (χ1) is 11.3. The number of H-pyrrole nitrogens is 1. The molecule has 0 aliphatic rings. The first kappa shape index (κ1) is 17.0. The molecule has 11 nitrogen and oxygen atoms in total. The quantitative estimate of drug-likeness (QED) is 0.301. The summed E-state index contributed by atoms with van der Waals surface area (Å²) in [7, 11) is 1.62. The molecule has 2 aromatic rings. The summed E-state index contributed by atoms with van der Waals surface area (Å²) in [5, 5.41) is 12.2. The molecular formula is C13H19N9O2. The summed E-state index contributed by atoms with van der Waals surface area (Å²) in [6.45, 7) is 1.93. The van der Waals surface area contributed by atoms with E-state index in [1.807, 2.05) is 0 Å². The van der Waals surface area contributed by atoms with Crippen molar-refractivity contribution in [2.75, 3.05) is 17.6 Å². The summed E-state index contributed by atoms with van der Waals surface area (Å²) in [5.41, 5.74) is 11.4. The molecule has 0 unspecified atom stereocenters. The summed E-state index contributed by atoms with van der Waals surface area (Å²) in [4.78, 5) is 34.8. The van der Waals surface area contributed by atoms with Crippen molar-refractivity contribution in [3.05, 3.63) is 23.5 Å². The van der Waals surface area contributed by atoms with Gasteiger partial charge in [-0.1, -0.05) is 0 Å². The van der Waals surface area contributed by atoms with Gasteiger partial charge in [0.05, 0.1) is 11.5 Å². The average molecular weight is 333 g/mol. The fourth-order valence-electron chi connectivity index (χ4n) is 1.88. The Morgan fingerprint density at radius 3 is 2.67 bits per heavy atom. The van der Waals surface area contributed by atoms with E-state index in [0.717, 1.165) is 0 Å². The summed E-state index contributed by atoms with van der Waals surface area (Å²) < 4.78 is 1.47. The van der Waals surface area contributed by atoms with Gasteiger partial charge >= 0.3 is 0 Å². The van der Waals surface area contributed by atoms with E-state index in [0.29, 0.717) is 5.69 Å². The fraction of sp³-hybridized carbons (Fsp3) is 0.308. The predicted octanol–water partition coefficient (Wildman–Crippen LogP) is -0.658. The molecule has 11 heteroatoms. The van der Waals surface area contributed by atoms with Gasteiger partial charge in [0, 0.05) is 26.2 Å². The van der Waals surface area contributed by atoms with Crippen LogP contribution in [0.1, 0.15) is 33.4 Å². The van der Waals surface area contributed by atoms with Crippen LogP contribution in [-0.2, 0) is 7.05 Å². The van der Waals surface area contributed by atoms with Crippen LogP contribution < -0.4 is 22.1 Å². The zero-order chi connectivity index (χ0) is 17.9. The number of carbonyl (C=O) groups excluding carboxylic acids is 2. The van der Waals surface area contributed by atoms with Gasteiger partial charge in [-0.25, -0.2) is 9.97 Å². The van der Waals surface area contributed by atoms with Crippen LogP contribution in [0.2, 0.25) is 0 Å². The van der Waals surface area contributed by atoms with Crippen LogP contribution in [0, 0.1) is 12.3 Å². The number of carbonyl (C=O) groups is 2. The smallest absolute Gasteiger partial charge is 0.292 e. The number of aromatic amines is 1. The number of nitrogens with one attached hydrogen (secondary N) is 4. The van der Waals surface area contributed by atoms with Gasteiger partial charge in [0.15, 0.2) is 11.6 Å². The van der Waals surface area contributed by atoms with E-state index in [4.69, 9.17) is 16.9 Å². The van der Waals surface area contributed by atoms with Gasteiger partial charge in [-0.05, 0) is 6.92 Å². The van der Waals surface area contributed by atoms with Crippen molar-refractivity contribution in [1.29, 1.82) is 5.41 Å². The molecule has 0 aromatic carbocycles. The maximum absolute atomic E-state index is 12.1. The number of hydrogen-bond donors (Lipinski definition) is 6. The molecular weight excluding hydrogens is 314 g/mol. The van der Waals surface area contributed by atoms with Gasteiger partial charge in [0.2, 0.25) is 5.82 Å². The molecule has 0 bridgehead atoms. The van der Waals surface area contributed by atoms with Gasteiger partial charge in [-0.3, -0.25) is 15.0 Å². The maximum Gasteiger partial charge on any atom is 0.292 e. The topological polar surface area (TPSA) is 181 Å². The van der Waals surface area contributed by atoms with E-state index in [9.17, 15) is 9.59 Å². The Labute approximate surface area is 137 Å². The predicted molar refractivity (Wildman–Crippen MR) is 87.8 cm³/mol. The van der Waals surface area contributed by atoms with Gasteiger partial charge in [-0.2, -0.15) is 0 Å². The number of anilines is 2. The van der Waals surface area contributed by atoms with Crippen molar-refractivity contribution in [2.45, 2.75) is 13.3 Å². The van der Waals surface area contributed by atoms with E-state index >= 15 is 0 Å². The Bertz CT molecular complexity index is 770. The lowest BCUT2D eigenvalue weighted by Crippen LogP contribution is -2.29. The molecule has 2 rings (SSSR count). The molecule has 2 aromatic heterocycles. The van der Waals surface area contributed by atoms with E-state index in [2.05, 4.69) is 25.6 Å². The molecule has 0 spiro atoms. The minimum atomic E-state index is -0.517. The number of rotatable bonds is 6. The van der Waals surface area contributed by atoms with Crippen molar-refractivity contribution in [3.63, 3.8) is 0 Å². The van der Waals surface area contributed by atoms with Crippen molar-refractivity contribution < 1.29 is 9.59 Å². The number of imidazole rings is 2. The van der Waals surface area contributed by atoms with Crippen LogP contribution >= 0.6 is 0 Å². The largest absolute Gasteiger partial charge is 0.388 e. The number of aryl methyl sites for hydroxylation is 2. The van der Waals surface area contributed by atoms with Crippen molar-refractivity contribution in [3.8, 4) is 0 Å². The number of amidine groups is 1. The molecule has 0 fully saturated rings. The number of aromatic nitrogens is 4.